The van der Waals surface area contributed by atoms with Crippen molar-refractivity contribution in [1.29, 1.82) is 0 Å². The molecule has 0 saturated heterocycles. The van der Waals surface area contributed by atoms with Crippen LogP contribution in [0.3, 0.4) is 0 Å². The Hall–Kier alpha value is -0.0235. The molecule has 0 atom stereocenters. The predicted molar refractivity (Wildman–Crippen MR) is 36.3 cm³/mol. The van der Waals surface area contributed by atoms with Crippen LogP contribution < -0.4 is 0 Å². The van der Waals surface area contributed by atoms with E-state index in [9.17, 15) is 4.79 Å². The number of carbonyl (C=O) groups is 1. The van der Waals surface area contributed by atoms with E-state index in [1.165, 1.54) is 0 Å². The summed E-state index contributed by atoms with van der Waals surface area (Å²) in [6, 6.07) is 0. The van der Waals surface area contributed by atoms with E-state index < -0.39 is 11.4 Å². The maximum atomic E-state index is 10.4. The number of carboxylic acids is 1. The largest absolute Gasteiger partial charge is 0.481 e. The molecule has 2 nitrogen and oxygen atoms in total. The molecule has 63 valence electrons. The minimum Gasteiger partial charge on any atom is -0.481 e. The van der Waals surface area contributed by atoms with Crippen molar-refractivity contribution in [1.82, 2.24) is 0 Å². The van der Waals surface area contributed by atoms with Crippen molar-refractivity contribution in [3.05, 3.63) is 0 Å². The summed E-state index contributed by atoms with van der Waals surface area (Å²) in [6.45, 7) is 5.49. The molecule has 0 spiro atoms. The number of rotatable bonds is 3. The molecule has 0 aromatic rings. The maximum Gasteiger partial charge on any atom is 0.309 e. The van der Waals surface area contributed by atoms with Crippen LogP contribution in [0.1, 0.15) is 33.6 Å². The molecule has 1 N–H and O–H groups in total. The fraction of sp³-hybridized carbons (Fsp3) is 0.857. The summed E-state index contributed by atoms with van der Waals surface area (Å²) in [5.74, 6) is -0.704. The zero-order chi connectivity index (χ0) is 7.49. The van der Waals surface area contributed by atoms with E-state index in [-0.39, 0.29) is 16.8 Å². The van der Waals surface area contributed by atoms with Gasteiger partial charge in [0.1, 0.15) is 0 Å². The van der Waals surface area contributed by atoms with Crippen molar-refractivity contribution in [3.63, 3.8) is 0 Å². The van der Waals surface area contributed by atoms with Crippen molar-refractivity contribution in [2.24, 2.45) is 5.41 Å². The molecule has 0 bridgehead atoms. The van der Waals surface area contributed by atoms with Crippen molar-refractivity contribution >= 4 is 5.97 Å². The molecule has 0 aliphatic rings. The second-order valence-corrected chi connectivity index (χ2v) is 2.94. The molecule has 0 aliphatic heterocycles. The van der Waals surface area contributed by atoms with Crippen molar-refractivity contribution in [2.45, 2.75) is 33.6 Å². The smallest absolute Gasteiger partial charge is 0.309 e. The summed E-state index contributed by atoms with van der Waals surface area (Å²) < 4.78 is 0. The minimum absolute atomic E-state index is 0. The van der Waals surface area contributed by atoms with Gasteiger partial charge >= 0.3 is 5.97 Å². The molecule has 0 aliphatic carbocycles. The zero-order valence-corrected chi connectivity index (χ0v) is 7.64. The van der Waals surface area contributed by atoms with Gasteiger partial charge in [-0.25, -0.2) is 0 Å². The molecule has 1 radical (unpaired) electrons. The Labute approximate surface area is 72.2 Å². The number of hydrogen-bond acceptors (Lipinski definition) is 1. The summed E-state index contributed by atoms with van der Waals surface area (Å²) >= 11 is 0. The van der Waals surface area contributed by atoms with Crippen molar-refractivity contribution < 1.29 is 26.7 Å². The van der Waals surface area contributed by atoms with E-state index in [0.29, 0.717) is 0 Å². The minimum atomic E-state index is -0.704. The molecule has 0 saturated carbocycles. The summed E-state index contributed by atoms with van der Waals surface area (Å²) in [5, 5.41) is 8.57. The van der Waals surface area contributed by atoms with E-state index in [2.05, 4.69) is 0 Å². The van der Waals surface area contributed by atoms with Crippen LogP contribution in [0.4, 0.5) is 0 Å². The first-order valence-electron chi connectivity index (χ1n) is 3.24. The van der Waals surface area contributed by atoms with Gasteiger partial charge in [0.05, 0.1) is 5.41 Å². The molecule has 10 heavy (non-hydrogen) atoms. The van der Waals surface area contributed by atoms with E-state index >= 15 is 0 Å². The first-order chi connectivity index (χ1) is 4.00. The van der Waals surface area contributed by atoms with E-state index in [1.807, 2.05) is 6.92 Å². The first-order valence-corrected chi connectivity index (χ1v) is 3.24. The first kappa shape index (κ1) is 12.6. The van der Waals surface area contributed by atoms with E-state index in [4.69, 9.17) is 5.11 Å². The Kier molecular flexibility index (Phi) is 5.99. The van der Waals surface area contributed by atoms with Gasteiger partial charge in [0.15, 0.2) is 0 Å². The third-order valence-electron chi connectivity index (χ3n) is 1.45. The average Bonchev–Trinajstić information content (AvgIpc) is 1.65. The number of aliphatic carboxylic acids is 1. The Morgan fingerprint density at radius 3 is 2.00 bits per heavy atom. The van der Waals surface area contributed by atoms with Gasteiger partial charge in [-0.3, -0.25) is 4.79 Å². The van der Waals surface area contributed by atoms with Gasteiger partial charge in [-0.05, 0) is 20.3 Å². The summed E-state index contributed by atoms with van der Waals surface area (Å²) in [7, 11) is 0. The second kappa shape index (κ2) is 4.74. The van der Waals surface area contributed by atoms with Crippen LogP contribution >= 0.6 is 0 Å². The van der Waals surface area contributed by atoms with Crippen molar-refractivity contribution in [3.8, 4) is 0 Å². The average molecular weight is 189 g/mol. The second-order valence-electron chi connectivity index (χ2n) is 2.94. The van der Waals surface area contributed by atoms with Gasteiger partial charge in [0.2, 0.25) is 0 Å². The summed E-state index contributed by atoms with van der Waals surface area (Å²) in [4.78, 5) is 10.4. The molecular weight excluding hydrogens is 175 g/mol. The van der Waals surface area contributed by atoms with Gasteiger partial charge in [-0.1, -0.05) is 13.3 Å². The molecule has 0 rings (SSSR count). The quantitative estimate of drug-likeness (QED) is 0.736. The SMILES string of the molecule is CCCC(C)(C)C(=O)O.[Co]. The number of carboxylic acid groups (broad SMARTS) is 1. The van der Waals surface area contributed by atoms with Crippen LogP contribution in [0.5, 0.6) is 0 Å². The van der Waals surface area contributed by atoms with Gasteiger partial charge in [-0.15, -0.1) is 0 Å². The third-order valence-corrected chi connectivity index (χ3v) is 1.45. The van der Waals surface area contributed by atoms with Crippen LogP contribution in [0.15, 0.2) is 0 Å². The van der Waals surface area contributed by atoms with Crippen LogP contribution in [-0.4, -0.2) is 11.1 Å². The topological polar surface area (TPSA) is 37.3 Å². The van der Waals surface area contributed by atoms with E-state index in [0.717, 1.165) is 12.8 Å². The Morgan fingerprint density at radius 1 is 1.50 bits per heavy atom. The standard InChI is InChI=1S/C7H14O2.Co/c1-4-5-7(2,3)6(8)9;/h4-5H2,1-3H3,(H,8,9);. The molecule has 0 aromatic heterocycles. The van der Waals surface area contributed by atoms with Crippen LogP contribution in [0.2, 0.25) is 0 Å². The van der Waals surface area contributed by atoms with Gasteiger partial charge in [0, 0.05) is 16.8 Å². The molecule has 0 unspecified atom stereocenters. The summed E-state index contributed by atoms with van der Waals surface area (Å²) in [5.41, 5.74) is -0.533. The maximum absolute atomic E-state index is 10.4. The Bertz CT molecular complexity index is 110. The molecule has 0 amide bonds. The Morgan fingerprint density at radius 2 is 1.90 bits per heavy atom. The van der Waals surface area contributed by atoms with Gasteiger partial charge in [-0.2, -0.15) is 0 Å². The van der Waals surface area contributed by atoms with Crippen LogP contribution in [-0.2, 0) is 21.6 Å². The zero-order valence-electron chi connectivity index (χ0n) is 6.60. The molecular formula is C7H14CoO2. The van der Waals surface area contributed by atoms with Gasteiger partial charge < -0.3 is 5.11 Å². The molecule has 0 fully saturated rings. The van der Waals surface area contributed by atoms with Gasteiger partial charge in [0.25, 0.3) is 0 Å². The number of hydrogen-bond donors (Lipinski definition) is 1. The molecule has 0 heterocycles. The third kappa shape index (κ3) is 3.90. The predicted octanol–water partition coefficient (Wildman–Crippen LogP) is 1.89. The van der Waals surface area contributed by atoms with E-state index in [1.54, 1.807) is 13.8 Å². The monoisotopic (exact) mass is 189 g/mol. The normalized spacial score (nSPS) is 10.3. The van der Waals surface area contributed by atoms with Crippen LogP contribution in [0.25, 0.3) is 0 Å². The van der Waals surface area contributed by atoms with Crippen molar-refractivity contribution in [2.75, 3.05) is 0 Å². The van der Waals surface area contributed by atoms with Crippen LogP contribution in [0, 0.1) is 5.41 Å². The Balaban J connectivity index is 0. The fourth-order valence-electron chi connectivity index (χ4n) is 0.732. The molecule has 0 aromatic carbocycles. The fourth-order valence-corrected chi connectivity index (χ4v) is 0.732. The molecule has 3 heteroatoms. The summed E-state index contributed by atoms with van der Waals surface area (Å²) in [6.07, 6.45) is 1.68.